The molecule has 202 valence electrons. The van der Waals surface area contributed by atoms with Gasteiger partial charge in [0, 0.05) is 35.2 Å². The van der Waals surface area contributed by atoms with Crippen LogP contribution in [-0.4, -0.2) is 44.5 Å². The van der Waals surface area contributed by atoms with Crippen LogP contribution in [-0.2, 0) is 10.2 Å². The van der Waals surface area contributed by atoms with E-state index in [4.69, 9.17) is 5.10 Å². The molecule has 0 aliphatic rings. The number of aromatic nitrogens is 2. The van der Waals surface area contributed by atoms with Gasteiger partial charge in [-0.1, -0.05) is 58.7 Å². The first-order valence-corrected chi connectivity index (χ1v) is 12.9. The number of nitro groups is 1. The molecule has 1 heterocycles. The first-order valence-electron chi connectivity index (χ1n) is 12.9. The van der Waals surface area contributed by atoms with Gasteiger partial charge in [0.2, 0.25) is 5.91 Å². The van der Waals surface area contributed by atoms with E-state index in [0.29, 0.717) is 17.9 Å². The summed E-state index contributed by atoms with van der Waals surface area (Å²) in [5, 5.41) is 19.1. The van der Waals surface area contributed by atoms with Crippen LogP contribution >= 0.6 is 0 Å². The van der Waals surface area contributed by atoms with Crippen molar-refractivity contribution in [2.24, 2.45) is 0 Å². The minimum absolute atomic E-state index is 0.120. The van der Waals surface area contributed by atoms with Gasteiger partial charge in [-0.15, -0.1) is 0 Å². The van der Waals surface area contributed by atoms with Gasteiger partial charge in [-0.05, 0) is 44.0 Å². The molecule has 0 atom stereocenters. The van der Waals surface area contributed by atoms with Crippen molar-refractivity contribution in [3.8, 4) is 5.69 Å². The maximum absolute atomic E-state index is 13.4. The molecule has 0 unspecified atom stereocenters. The number of unbranched alkanes of at least 4 members (excludes halogenated alkanes) is 2. The number of nitro benzene ring substituents is 1. The quantitative estimate of drug-likeness (QED) is 0.202. The number of amides is 2. The van der Waals surface area contributed by atoms with Crippen LogP contribution in [0.15, 0.2) is 48.5 Å². The van der Waals surface area contributed by atoms with Gasteiger partial charge in [0.25, 0.3) is 11.6 Å². The smallest absolute Gasteiger partial charge is 0.273 e. The van der Waals surface area contributed by atoms with Gasteiger partial charge in [0.1, 0.15) is 12.4 Å². The molecule has 2 amide bonds. The number of carbonyl (C=O) groups excluding carboxylic acids is 2. The van der Waals surface area contributed by atoms with E-state index < -0.39 is 10.8 Å². The SMILES string of the molecule is CCCCCN(CC(=O)Nc1cc(C(C)(C)C)nn1-c1cccc(C)c1)C(=O)c1ccc(C)c([N+](=O)[O-])c1. The summed E-state index contributed by atoms with van der Waals surface area (Å²) in [7, 11) is 0. The highest BCUT2D eigenvalue weighted by Gasteiger charge is 2.24. The van der Waals surface area contributed by atoms with Crippen molar-refractivity contribution in [2.45, 2.75) is 66.2 Å². The summed E-state index contributed by atoms with van der Waals surface area (Å²) in [6, 6.07) is 14.1. The molecule has 3 aromatic rings. The molecule has 0 spiro atoms. The van der Waals surface area contributed by atoms with E-state index in [1.807, 2.05) is 37.3 Å². The Balaban J connectivity index is 1.89. The summed E-state index contributed by atoms with van der Waals surface area (Å²) >= 11 is 0. The molecule has 1 N–H and O–H groups in total. The van der Waals surface area contributed by atoms with Crippen LogP contribution in [0.5, 0.6) is 0 Å². The third-order valence-electron chi connectivity index (χ3n) is 6.30. The number of benzene rings is 2. The average molecular weight is 520 g/mol. The maximum atomic E-state index is 13.4. The second-order valence-electron chi connectivity index (χ2n) is 10.7. The second-order valence-corrected chi connectivity index (χ2v) is 10.7. The lowest BCUT2D eigenvalue weighted by Crippen LogP contribution is -2.39. The zero-order valence-electron chi connectivity index (χ0n) is 23.1. The van der Waals surface area contributed by atoms with Crippen LogP contribution in [0.3, 0.4) is 0 Å². The lowest BCUT2D eigenvalue weighted by molar-refractivity contribution is -0.385. The molecular weight excluding hydrogens is 482 g/mol. The van der Waals surface area contributed by atoms with Gasteiger partial charge < -0.3 is 10.2 Å². The molecule has 0 bridgehead atoms. The molecule has 0 saturated heterocycles. The van der Waals surface area contributed by atoms with E-state index in [0.717, 1.165) is 36.2 Å². The van der Waals surface area contributed by atoms with Gasteiger partial charge in [-0.25, -0.2) is 4.68 Å². The van der Waals surface area contributed by atoms with Crippen molar-refractivity contribution in [3.63, 3.8) is 0 Å². The van der Waals surface area contributed by atoms with E-state index in [2.05, 4.69) is 33.0 Å². The van der Waals surface area contributed by atoms with E-state index in [9.17, 15) is 19.7 Å². The number of anilines is 1. The fourth-order valence-corrected chi connectivity index (χ4v) is 4.08. The predicted octanol–water partition coefficient (Wildman–Crippen LogP) is 5.97. The van der Waals surface area contributed by atoms with Crippen molar-refractivity contribution in [1.29, 1.82) is 0 Å². The highest BCUT2D eigenvalue weighted by molar-refractivity contribution is 5.99. The van der Waals surface area contributed by atoms with Crippen LogP contribution in [0, 0.1) is 24.0 Å². The van der Waals surface area contributed by atoms with Crippen molar-refractivity contribution < 1.29 is 14.5 Å². The van der Waals surface area contributed by atoms with Crippen molar-refractivity contribution in [3.05, 3.63) is 81.0 Å². The molecule has 0 radical (unpaired) electrons. The molecule has 1 aromatic heterocycles. The lowest BCUT2D eigenvalue weighted by atomic mass is 9.92. The normalized spacial score (nSPS) is 11.3. The molecule has 0 saturated carbocycles. The summed E-state index contributed by atoms with van der Waals surface area (Å²) in [4.78, 5) is 39.0. The molecule has 9 nitrogen and oxygen atoms in total. The van der Waals surface area contributed by atoms with Gasteiger partial charge in [0.15, 0.2) is 0 Å². The van der Waals surface area contributed by atoms with Crippen LogP contribution in [0.4, 0.5) is 11.5 Å². The number of hydrogen-bond donors (Lipinski definition) is 1. The highest BCUT2D eigenvalue weighted by atomic mass is 16.6. The molecule has 3 rings (SSSR count). The molecule has 2 aromatic carbocycles. The minimum atomic E-state index is -0.500. The molecule has 0 fully saturated rings. The zero-order valence-corrected chi connectivity index (χ0v) is 23.1. The summed E-state index contributed by atoms with van der Waals surface area (Å²) < 4.78 is 1.71. The summed E-state index contributed by atoms with van der Waals surface area (Å²) in [5.41, 5.74) is 3.00. The topological polar surface area (TPSA) is 110 Å². The Kier molecular flexibility index (Phi) is 9.04. The summed E-state index contributed by atoms with van der Waals surface area (Å²) in [6.07, 6.45) is 2.57. The molecule has 0 aliphatic heterocycles. The van der Waals surface area contributed by atoms with E-state index in [1.165, 1.54) is 11.0 Å². The first-order chi connectivity index (χ1) is 17.9. The van der Waals surface area contributed by atoms with E-state index in [-0.39, 0.29) is 29.1 Å². The lowest BCUT2D eigenvalue weighted by Gasteiger charge is -2.22. The fourth-order valence-electron chi connectivity index (χ4n) is 4.08. The van der Waals surface area contributed by atoms with Gasteiger partial charge in [-0.2, -0.15) is 5.10 Å². The number of aryl methyl sites for hydroxylation is 2. The zero-order chi connectivity index (χ0) is 28.0. The van der Waals surface area contributed by atoms with Crippen molar-refractivity contribution >= 4 is 23.3 Å². The van der Waals surface area contributed by atoms with Gasteiger partial charge >= 0.3 is 0 Å². The van der Waals surface area contributed by atoms with E-state index in [1.54, 1.807) is 23.7 Å². The molecule has 0 aliphatic carbocycles. The van der Waals surface area contributed by atoms with Crippen LogP contribution in [0.2, 0.25) is 0 Å². The van der Waals surface area contributed by atoms with Crippen molar-refractivity contribution in [2.75, 3.05) is 18.4 Å². The average Bonchev–Trinajstić information content (AvgIpc) is 3.27. The van der Waals surface area contributed by atoms with Crippen molar-refractivity contribution in [1.82, 2.24) is 14.7 Å². The third-order valence-corrected chi connectivity index (χ3v) is 6.30. The number of nitrogens with zero attached hydrogens (tertiary/aromatic N) is 4. The van der Waals surface area contributed by atoms with Crippen LogP contribution in [0.1, 0.15) is 74.1 Å². The van der Waals surface area contributed by atoms with Gasteiger partial charge in [-0.3, -0.25) is 19.7 Å². The number of carbonyl (C=O) groups is 2. The Morgan fingerprint density at radius 2 is 1.82 bits per heavy atom. The van der Waals surface area contributed by atoms with Gasteiger partial charge in [0.05, 0.1) is 16.3 Å². The Bertz CT molecular complexity index is 1320. The number of hydrogen-bond acceptors (Lipinski definition) is 5. The van der Waals surface area contributed by atoms with Crippen LogP contribution < -0.4 is 5.32 Å². The minimum Gasteiger partial charge on any atom is -0.329 e. The standard InChI is InChI=1S/C29H37N5O4/c1-7-8-9-15-32(28(36)22-14-13-21(3)24(17-22)34(37)38)19-27(35)30-26-18-25(29(4,5)6)31-33(26)23-12-10-11-20(2)16-23/h10-14,16-18H,7-9,15,19H2,1-6H3,(H,30,35). The highest BCUT2D eigenvalue weighted by Crippen LogP contribution is 2.27. The Labute approximate surface area is 224 Å². The molecule has 9 heteroatoms. The molecule has 38 heavy (non-hydrogen) atoms. The Hall–Kier alpha value is -4.01. The fraction of sp³-hybridized carbons (Fsp3) is 0.414. The monoisotopic (exact) mass is 519 g/mol. The predicted molar refractivity (Wildman–Crippen MR) is 149 cm³/mol. The molecular formula is C29H37N5O4. The largest absolute Gasteiger partial charge is 0.329 e. The third kappa shape index (κ3) is 7.06. The Morgan fingerprint density at radius 3 is 2.45 bits per heavy atom. The van der Waals surface area contributed by atoms with Crippen LogP contribution in [0.25, 0.3) is 5.69 Å². The van der Waals surface area contributed by atoms with E-state index >= 15 is 0 Å². The number of rotatable bonds is 10. The first kappa shape index (κ1) is 28.6. The summed E-state index contributed by atoms with van der Waals surface area (Å²) in [5.74, 6) is -0.273. The maximum Gasteiger partial charge on any atom is 0.273 e. The second kappa shape index (κ2) is 12.0. The Morgan fingerprint density at radius 1 is 1.08 bits per heavy atom. The summed E-state index contributed by atoms with van der Waals surface area (Å²) in [6.45, 7) is 12.0. The number of nitrogens with one attached hydrogen (secondary N) is 1.